The van der Waals surface area contributed by atoms with Gasteiger partial charge in [0, 0.05) is 30.8 Å². The molecule has 1 fully saturated rings. The van der Waals surface area contributed by atoms with Gasteiger partial charge in [0.05, 0.1) is 5.39 Å². The van der Waals surface area contributed by atoms with Gasteiger partial charge in [-0.15, -0.1) is 0 Å². The van der Waals surface area contributed by atoms with Gasteiger partial charge < -0.3 is 18.7 Å². The summed E-state index contributed by atoms with van der Waals surface area (Å²) < 4.78 is 11.1. The van der Waals surface area contributed by atoms with Crippen molar-refractivity contribution in [1.29, 1.82) is 0 Å². The molecule has 1 aliphatic heterocycles. The summed E-state index contributed by atoms with van der Waals surface area (Å²) in [5, 5.41) is 4.93. The second kappa shape index (κ2) is 7.76. The fraction of sp³-hybridized carbons (Fsp3) is 0.261. The molecule has 2 aromatic heterocycles. The van der Waals surface area contributed by atoms with Crippen molar-refractivity contribution >= 4 is 16.9 Å². The van der Waals surface area contributed by atoms with Crippen LogP contribution in [-0.4, -0.2) is 59.1 Å². The number of oxazole rings is 1. The first-order valence-electron chi connectivity index (χ1n) is 10.1. The van der Waals surface area contributed by atoms with Crippen LogP contribution < -0.4 is 0 Å². The van der Waals surface area contributed by atoms with Gasteiger partial charge in [0.15, 0.2) is 5.58 Å². The first-order valence-corrected chi connectivity index (χ1v) is 10.1. The van der Waals surface area contributed by atoms with Gasteiger partial charge in [-0.25, -0.2) is 4.98 Å². The molecule has 0 saturated carbocycles. The Morgan fingerprint density at radius 1 is 1.03 bits per heavy atom. The average Bonchev–Trinajstić information content (AvgIpc) is 3.37. The lowest BCUT2D eigenvalue weighted by molar-refractivity contribution is 0.0763. The minimum absolute atomic E-state index is 0.0319. The van der Waals surface area contributed by atoms with Crippen LogP contribution in [0.1, 0.15) is 16.8 Å². The third-order valence-electron chi connectivity index (χ3n) is 5.49. The molecule has 2 aromatic carbocycles. The molecule has 0 spiro atoms. The van der Waals surface area contributed by atoms with Gasteiger partial charge in [0.2, 0.25) is 5.89 Å². The monoisotopic (exact) mass is 402 g/mol. The first kappa shape index (κ1) is 18.6. The van der Waals surface area contributed by atoms with Gasteiger partial charge >= 0.3 is 0 Å². The second-order valence-electron chi connectivity index (χ2n) is 7.60. The maximum absolute atomic E-state index is 13.1. The Bertz CT molecular complexity index is 1180. The van der Waals surface area contributed by atoms with Gasteiger partial charge in [0.1, 0.15) is 17.7 Å². The number of hydrogen-bond acceptors (Lipinski definition) is 6. The minimum atomic E-state index is 0.0319. The van der Waals surface area contributed by atoms with E-state index in [0.29, 0.717) is 28.4 Å². The van der Waals surface area contributed by atoms with Crippen LogP contribution in [0.3, 0.4) is 0 Å². The highest BCUT2D eigenvalue weighted by Crippen LogP contribution is 2.30. The highest BCUT2D eigenvalue weighted by molar-refractivity contribution is 6.00. The van der Waals surface area contributed by atoms with E-state index in [1.807, 2.05) is 41.3 Å². The molecule has 0 bridgehead atoms. The van der Waals surface area contributed by atoms with Gasteiger partial charge in [-0.3, -0.25) is 4.79 Å². The van der Waals surface area contributed by atoms with E-state index in [1.54, 1.807) is 18.4 Å². The minimum Gasteiger partial charge on any atom is -0.444 e. The molecule has 0 N–H and O–H groups in total. The molecule has 4 aromatic rings. The van der Waals surface area contributed by atoms with Crippen molar-refractivity contribution in [2.24, 2.45) is 0 Å². The molecule has 1 saturated heterocycles. The van der Waals surface area contributed by atoms with Crippen molar-refractivity contribution in [3.8, 4) is 22.8 Å². The van der Waals surface area contributed by atoms with Gasteiger partial charge in [-0.05, 0) is 50.3 Å². The van der Waals surface area contributed by atoms with E-state index in [-0.39, 0.29) is 5.91 Å². The molecule has 3 heterocycles. The Morgan fingerprint density at radius 2 is 1.90 bits per heavy atom. The molecule has 7 nitrogen and oxygen atoms in total. The lowest BCUT2D eigenvalue weighted by Crippen LogP contribution is -2.34. The molecule has 0 aliphatic carbocycles. The number of hydrogen-bond donors (Lipinski definition) is 0. The molecule has 1 amide bonds. The number of carbonyl (C=O) groups is 1. The summed E-state index contributed by atoms with van der Waals surface area (Å²) in [6, 6.07) is 15.1. The first-order chi connectivity index (χ1) is 14.7. The van der Waals surface area contributed by atoms with Gasteiger partial charge in [-0.1, -0.05) is 23.4 Å². The zero-order valence-corrected chi connectivity index (χ0v) is 16.7. The van der Waals surface area contributed by atoms with Gasteiger partial charge in [0.25, 0.3) is 5.91 Å². The number of aromatic nitrogens is 2. The van der Waals surface area contributed by atoms with Crippen LogP contribution in [0, 0.1) is 0 Å². The van der Waals surface area contributed by atoms with Crippen LogP contribution in [0.4, 0.5) is 0 Å². The Balaban J connectivity index is 1.47. The summed E-state index contributed by atoms with van der Waals surface area (Å²) in [6.07, 6.45) is 2.54. The molecule has 1 aliphatic rings. The summed E-state index contributed by atoms with van der Waals surface area (Å²) in [6.45, 7) is 3.39. The van der Waals surface area contributed by atoms with Crippen LogP contribution >= 0.6 is 0 Å². The quantitative estimate of drug-likeness (QED) is 0.517. The lowest BCUT2D eigenvalue weighted by atomic mass is 10.1. The Morgan fingerprint density at radius 3 is 2.77 bits per heavy atom. The average molecular weight is 402 g/mol. The number of amides is 1. The van der Waals surface area contributed by atoms with E-state index in [1.165, 1.54) is 0 Å². The van der Waals surface area contributed by atoms with Crippen LogP contribution in [-0.2, 0) is 0 Å². The van der Waals surface area contributed by atoms with Crippen molar-refractivity contribution in [1.82, 2.24) is 19.9 Å². The number of benzene rings is 2. The highest BCUT2D eigenvalue weighted by atomic mass is 16.5. The van der Waals surface area contributed by atoms with Crippen molar-refractivity contribution in [2.75, 3.05) is 33.2 Å². The zero-order chi connectivity index (χ0) is 20.5. The van der Waals surface area contributed by atoms with E-state index in [4.69, 9.17) is 8.94 Å². The second-order valence-corrected chi connectivity index (χ2v) is 7.60. The molecule has 0 unspecified atom stereocenters. The van der Waals surface area contributed by atoms with E-state index >= 15 is 0 Å². The molecule has 152 valence electrons. The molecular weight excluding hydrogens is 380 g/mol. The smallest absolute Gasteiger partial charge is 0.253 e. The van der Waals surface area contributed by atoms with Gasteiger partial charge in [-0.2, -0.15) is 0 Å². The van der Waals surface area contributed by atoms with Crippen molar-refractivity contribution in [3.63, 3.8) is 0 Å². The summed E-state index contributed by atoms with van der Waals surface area (Å²) in [5.74, 6) is 0.548. The summed E-state index contributed by atoms with van der Waals surface area (Å²) in [4.78, 5) is 21.8. The summed E-state index contributed by atoms with van der Waals surface area (Å²) in [7, 11) is 2.09. The van der Waals surface area contributed by atoms with Crippen LogP contribution in [0.15, 0.2) is 63.7 Å². The Kier molecular flexibility index (Phi) is 4.80. The molecule has 0 radical (unpaired) electrons. The van der Waals surface area contributed by atoms with E-state index < -0.39 is 0 Å². The standard InChI is InChI=1S/C23H22N4O3/c1-26-10-5-11-27(13-12-26)23(28)17-8-9-20-18(14-17)21(25-30-20)19-15-29-22(24-19)16-6-3-2-4-7-16/h2-4,6-9,14-15H,5,10-13H2,1H3. The predicted octanol–water partition coefficient (Wildman–Crippen LogP) is 3.93. The van der Waals surface area contributed by atoms with Crippen molar-refractivity contribution in [2.45, 2.75) is 6.42 Å². The third-order valence-corrected chi connectivity index (χ3v) is 5.49. The normalized spacial score (nSPS) is 15.4. The fourth-order valence-electron chi connectivity index (χ4n) is 3.78. The zero-order valence-electron chi connectivity index (χ0n) is 16.7. The summed E-state index contributed by atoms with van der Waals surface area (Å²) in [5.41, 5.74) is 3.28. The van der Waals surface area contributed by atoms with E-state index in [2.05, 4.69) is 22.1 Å². The lowest BCUT2D eigenvalue weighted by Gasteiger charge is -2.20. The van der Waals surface area contributed by atoms with Crippen LogP contribution in [0.25, 0.3) is 33.8 Å². The Labute approximate surface area is 173 Å². The van der Waals surface area contributed by atoms with Crippen molar-refractivity contribution < 1.29 is 13.7 Å². The Hall–Kier alpha value is -3.45. The predicted molar refractivity (Wildman–Crippen MR) is 113 cm³/mol. The number of nitrogens with zero attached hydrogens (tertiary/aromatic N) is 4. The molecule has 30 heavy (non-hydrogen) atoms. The summed E-state index contributed by atoms with van der Waals surface area (Å²) >= 11 is 0. The molecule has 0 atom stereocenters. The van der Waals surface area contributed by atoms with E-state index in [9.17, 15) is 4.79 Å². The highest BCUT2D eigenvalue weighted by Gasteiger charge is 2.21. The number of rotatable bonds is 3. The maximum Gasteiger partial charge on any atom is 0.253 e. The van der Waals surface area contributed by atoms with Crippen LogP contribution in [0.2, 0.25) is 0 Å². The SMILES string of the molecule is CN1CCCN(C(=O)c2ccc3onc(-c4coc(-c5ccccc5)n4)c3c2)CC1. The number of fused-ring (bicyclic) bond motifs is 1. The van der Waals surface area contributed by atoms with Crippen molar-refractivity contribution in [3.05, 3.63) is 60.4 Å². The topological polar surface area (TPSA) is 75.6 Å². The third kappa shape index (κ3) is 3.48. The fourth-order valence-corrected chi connectivity index (χ4v) is 3.78. The maximum atomic E-state index is 13.1. The molecule has 5 rings (SSSR count). The van der Waals surface area contributed by atoms with E-state index in [0.717, 1.165) is 43.5 Å². The largest absolute Gasteiger partial charge is 0.444 e. The number of carbonyl (C=O) groups excluding carboxylic acids is 1. The number of likely N-dealkylation sites (N-methyl/N-ethyl adjacent to an activating group) is 1. The molecule has 7 heteroatoms. The molecular formula is C23H22N4O3. The van der Waals surface area contributed by atoms with Crippen LogP contribution in [0.5, 0.6) is 0 Å².